The Balaban J connectivity index is 1.87. The van der Waals surface area contributed by atoms with E-state index >= 15 is 0 Å². The molecule has 22 heavy (non-hydrogen) atoms. The highest BCUT2D eigenvalue weighted by atomic mass is 16.6. The van der Waals surface area contributed by atoms with Gasteiger partial charge >= 0.3 is 0 Å². The molecular weight excluding hydrogens is 286 g/mol. The van der Waals surface area contributed by atoms with Crippen molar-refractivity contribution in [3.8, 4) is 23.2 Å². The molecule has 3 rings (SSSR count). The number of nitrogens with zero attached hydrogens (tertiary/aromatic N) is 3. The number of hydrogen-bond donors (Lipinski definition) is 0. The Morgan fingerprint density at radius 1 is 1.18 bits per heavy atom. The van der Waals surface area contributed by atoms with Gasteiger partial charge in [0.05, 0.1) is 0 Å². The second kappa shape index (κ2) is 6.31. The van der Waals surface area contributed by atoms with Crippen molar-refractivity contribution in [3.05, 3.63) is 18.0 Å². The van der Waals surface area contributed by atoms with Crippen LogP contribution in [-0.4, -0.2) is 34.9 Å². The first-order chi connectivity index (χ1) is 10.7. The van der Waals surface area contributed by atoms with Crippen molar-refractivity contribution in [1.82, 2.24) is 15.1 Å². The fourth-order valence-electron chi connectivity index (χ4n) is 2.25. The Hall–Kier alpha value is -2.15. The van der Waals surface area contributed by atoms with Crippen LogP contribution < -0.4 is 9.47 Å². The van der Waals surface area contributed by atoms with Crippen LogP contribution in [0.1, 0.15) is 32.7 Å². The maximum absolute atomic E-state index is 5.68. The van der Waals surface area contributed by atoms with E-state index in [1.807, 2.05) is 6.92 Å². The van der Waals surface area contributed by atoms with E-state index in [1.165, 1.54) is 0 Å². The third-order valence-electron chi connectivity index (χ3n) is 3.27. The highest BCUT2D eigenvalue weighted by molar-refractivity contribution is 5.51. The molecule has 2 aromatic rings. The number of ether oxygens (including phenoxy) is 3. The van der Waals surface area contributed by atoms with Crippen LogP contribution in [0.5, 0.6) is 11.6 Å². The molecule has 118 valence electrons. The van der Waals surface area contributed by atoms with Crippen molar-refractivity contribution in [2.75, 3.05) is 19.8 Å². The molecule has 7 nitrogen and oxygen atoms in total. The summed E-state index contributed by atoms with van der Waals surface area (Å²) in [7, 11) is 0. The number of fused-ring (bicyclic) bond motifs is 1. The Morgan fingerprint density at radius 2 is 2.00 bits per heavy atom. The highest BCUT2D eigenvalue weighted by Gasteiger charge is 2.24. The van der Waals surface area contributed by atoms with Gasteiger partial charge in [-0.15, -0.1) is 0 Å². The van der Waals surface area contributed by atoms with E-state index in [-0.39, 0.29) is 12.0 Å². The number of rotatable bonds is 5. The first-order valence-electron chi connectivity index (χ1n) is 7.41. The van der Waals surface area contributed by atoms with Crippen molar-refractivity contribution in [3.63, 3.8) is 0 Å². The van der Waals surface area contributed by atoms with Gasteiger partial charge in [0.15, 0.2) is 5.75 Å². The van der Waals surface area contributed by atoms with Gasteiger partial charge in [0.1, 0.15) is 25.0 Å². The fourth-order valence-corrected chi connectivity index (χ4v) is 2.25. The molecule has 2 aromatic heterocycles. The van der Waals surface area contributed by atoms with Gasteiger partial charge in [-0.1, -0.05) is 19.0 Å². The third-order valence-corrected chi connectivity index (χ3v) is 3.27. The molecule has 0 radical (unpaired) electrons. The SMILES string of the molecule is CCOC(c1noc(-c2ccc3c(n2)OCCO3)n1)C(C)C. The van der Waals surface area contributed by atoms with Crippen LogP contribution in [0.4, 0.5) is 0 Å². The van der Waals surface area contributed by atoms with Crippen molar-refractivity contribution in [1.29, 1.82) is 0 Å². The zero-order valence-corrected chi connectivity index (χ0v) is 12.9. The van der Waals surface area contributed by atoms with Crippen molar-refractivity contribution in [2.24, 2.45) is 5.92 Å². The topological polar surface area (TPSA) is 79.5 Å². The van der Waals surface area contributed by atoms with E-state index < -0.39 is 0 Å². The monoisotopic (exact) mass is 305 g/mol. The molecule has 0 bridgehead atoms. The van der Waals surface area contributed by atoms with Gasteiger partial charge in [-0.2, -0.15) is 4.98 Å². The van der Waals surface area contributed by atoms with E-state index in [4.69, 9.17) is 18.7 Å². The Labute approximate surface area is 128 Å². The predicted octanol–water partition coefficient (Wildman–Crippen LogP) is 2.64. The normalized spacial score (nSPS) is 15.1. The minimum absolute atomic E-state index is 0.195. The first-order valence-corrected chi connectivity index (χ1v) is 7.41. The van der Waals surface area contributed by atoms with Crippen LogP contribution >= 0.6 is 0 Å². The van der Waals surface area contributed by atoms with E-state index in [0.717, 1.165) is 0 Å². The van der Waals surface area contributed by atoms with Crippen LogP contribution in [0.2, 0.25) is 0 Å². The van der Waals surface area contributed by atoms with Crippen molar-refractivity contribution < 1.29 is 18.7 Å². The summed E-state index contributed by atoms with van der Waals surface area (Å²) in [6, 6.07) is 3.57. The van der Waals surface area contributed by atoms with Crippen LogP contribution in [0.25, 0.3) is 11.6 Å². The maximum Gasteiger partial charge on any atom is 0.276 e. The van der Waals surface area contributed by atoms with Crippen molar-refractivity contribution >= 4 is 0 Å². The summed E-state index contributed by atoms with van der Waals surface area (Å²) < 4.78 is 21.9. The summed E-state index contributed by atoms with van der Waals surface area (Å²) in [6.07, 6.45) is -0.195. The molecule has 1 aliphatic heterocycles. The zero-order chi connectivity index (χ0) is 15.5. The van der Waals surface area contributed by atoms with E-state index in [0.29, 0.717) is 48.9 Å². The molecule has 0 N–H and O–H groups in total. The van der Waals surface area contributed by atoms with Gasteiger partial charge in [0.2, 0.25) is 5.82 Å². The molecule has 0 amide bonds. The quantitative estimate of drug-likeness (QED) is 0.840. The average Bonchev–Trinajstić information content (AvgIpc) is 3.01. The van der Waals surface area contributed by atoms with Gasteiger partial charge in [-0.25, -0.2) is 4.98 Å². The second-order valence-electron chi connectivity index (χ2n) is 5.27. The summed E-state index contributed by atoms with van der Waals surface area (Å²) >= 11 is 0. The molecular formula is C15H19N3O4. The first kappa shape index (κ1) is 14.8. The van der Waals surface area contributed by atoms with E-state index in [9.17, 15) is 0 Å². The molecule has 1 atom stereocenters. The standard InChI is InChI=1S/C15H19N3O4/c1-4-19-12(9(2)3)13-17-14(22-18-13)10-5-6-11-15(16-10)21-8-7-20-11/h5-6,9,12H,4,7-8H2,1-3H3. The summed E-state index contributed by atoms with van der Waals surface area (Å²) in [6.45, 7) is 7.66. The van der Waals surface area contributed by atoms with Crippen LogP contribution in [0.3, 0.4) is 0 Å². The molecule has 0 aliphatic carbocycles. The van der Waals surface area contributed by atoms with Crippen LogP contribution in [-0.2, 0) is 4.74 Å². The van der Waals surface area contributed by atoms with Gasteiger partial charge in [-0.05, 0) is 25.0 Å². The molecule has 0 saturated heterocycles. The largest absolute Gasteiger partial charge is 0.484 e. The lowest BCUT2D eigenvalue weighted by Gasteiger charge is -2.17. The predicted molar refractivity (Wildman–Crippen MR) is 77.7 cm³/mol. The minimum Gasteiger partial charge on any atom is -0.484 e. The summed E-state index contributed by atoms with van der Waals surface area (Å²) in [5.41, 5.74) is 0.557. The minimum atomic E-state index is -0.195. The van der Waals surface area contributed by atoms with Crippen molar-refractivity contribution in [2.45, 2.75) is 26.9 Å². The molecule has 3 heterocycles. The number of aromatic nitrogens is 3. The molecule has 0 saturated carbocycles. The second-order valence-corrected chi connectivity index (χ2v) is 5.27. The summed E-state index contributed by atoms with van der Waals surface area (Å²) in [5.74, 6) is 2.21. The number of hydrogen-bond acceptors (Lipinski definition) is 7. The smallest absolute Gasteiger partial charge is 0.276 e. The third kappa shape index (κ3) is 2.89. The zero-order valence-electron chi connectivity index (χ0n) is 12.9. The maximum atomic E-state index is 5.68. The Bertz CT molecular complexity index is 641. The molecule has 1 aliphatic rings. The summed E-state index contributed by atoms with van der Waals surface area (Å²) in [4.78, 5) is 8.77. The molecule has 0 fully saturated rings. The van der Waals surface area contributed by atoms with Gasteiger partial charge in [-0.3, -0.25) is 0 Å². The van der Waals surface area contributed by atoms with Gasteiger partial charge < -0.3 is 18.7 Å². The van der Waals surface area contributed by atoms with Crippen LogP contribution in [0, 0.1) is 5.92 Å². The lowest BCUT2D eigenvalue weighted by molar-refractivity contribution is 0.0217. The molecule has 0 spiro atoms. The Kier molecular flexibility index (Phi) is 4.24. The van der Waals surface area contributed by atoms with Crippen LogP contribution in [0.15, 0.2) is 16.7 Å². The summed E-state index contributed by atoms with van der Waals surface area (Å²) in [5, 5.41) is 4.02. The molecule has 1 unspecified atom stereocenters. The van der Waals surface area contributed by atoms with E-state index in [1.54, 1.807) is 12.1 Å². The van der Waals surface area contributed by atoms with E-state index in [2.05, 4.69) is 29.0 Å². The van der Waals surface area contributed by atoms with Gasteiger partial charge in [0.25, 0.3) is 11.8 Å². The van der Waals surface area contributed by atoms with Gasteiger partial charge in [0, 0.05) is 6.61 Å². The fraction of sp³-hybridized carbons (Fsp3) is 0.533. The number of pyridine rings is 1. The molecule has 0 aromatic carbocycles. The lowest BCUT2D eigenvalue weighted by atomic mass is 10.1. The Morgan fingerprint density at radius 3 is 2.77 bits per heavy atom. The lowest BCUT2D eigenvalue weighted by Crippen LogP contribution is -2.16. The molecule has 7 heteroatoms. The highest BCUT2D eigenvalue weighted by Crippen LogP contribution is 2.31. The average molecular weight is 305 g/mol.